The van der Waals surface area contributed by atoms with Crippen molar-refractivity contribution in [1.82, 2.24) is 14.5 Å². The Labute approximate surface area is 120 Å². The number of likely N-dealkylation sites (N-methyl/N-ethyl adjacent to an activating group) is 1. The van der Waals surface area contributed by atoms with Gasteiger partial charge in [-0.2, -0.15) is 9.40 Å². The highest BCUT2D eigenvalue weighted by molar-refractivity contribution is 7.89. The Kier molecular flexibility index (Phi) is 4.51. The minimum Gasteiger partial charge on any atom is -0.329 e. The molecule has 1 aromatic rings. The molecule has 0 amide bonds. The van der Waals surface area contributed by atoms with Gasteiger partial charge in [-0.25, -0.2) is 8.42 Å². The number of rotatable bonds is 5. The Morgan fingerprint density at radius 1 is 1.50 bits per heavy atom. The number of H-pyrrole nitrogens is 1. The van der Waals surface area contributed by atoms with Crippen LogP contribution >= 0.6 is 0 Å². The maximum Gasteiger partial charge on any atom is 0.246 e. The second kappa shape index (κ2) is 5.83. The van der Waals surface area contributed by atoms with Gasteiger partial charge in [0.25, 0.3) is 0 Å². The van der Waals surface area contributed by atoms with Crippen molar-refractivity contribution >= 4 is 10.0 Å². The summed E-state index contributed by atoms with van der Waals surface area (Å²) in [6, 6.07) is 0. The van der Waals surface area contributed by atoms with Crippen LogP contribution in [0.15, 0.2) is 17.3 Å². The van der Waals surface area contributed by atoms with Crippen molar-refractivity contribution in [3.8, 4) is 0 Å². The first-order valence-corrected chi connectivity index (χ1v) is 8.58. The van der Waals surface area contributed by atoms with E-state index >= 15 is 0 Å². The minimum atomic E-state index is -3.53. The highest BCUT2D eigenvalue weighted by Crippen LogP contribution is 2.38. The second-order valence-electron chi connectivity index (χ2n) is 5.69. The van der Waals surface area contributed by atoms with E-state index in [9.17, 15) is 8.42 Å². The van der Waals surface area contributed by atoms with Gasteiger partial charge in [0.05, 0.1) is 6.20 Å². The monoisotopic (exact) mass is 300 g/mol. The van der Waals surface area contributed by atoms with Gasteiger partial charge in [-0.15, -0.1) is 0 Å². The molecule has 0 unspecified atom stereocenters. The van der Waals surface area contributed by atoms with Crippen molar-refractivity contribution in [2.24, 2.45) is 11.7 Å². The molecule has 20 heavy (non-hydrogen) atoms. The van der Waals surface area contributed by atoms with E-state index in [1.165, 1.54) is 16.7 Å². The third-order valence-corrected chi connectivity index (χ3v) is 6.72. The zero-order valence-corrected chi connectivity index (χ0v) is 13.0. The molecule has 1 fully saturated rings. The molecule has 0 saturated heterocycles. The van der Waals surface area contributed by atoms with Gasteiger partial charge in [-0.1, -0.05) is 13.3 Å². The number of nitrogens with one attached hydrogen (secondary N) is 1. The average Bonchev–Trinajstić information content (AvgIpc) is 3.01. The smallest absolute Gasteiger partial charge is 0.246 e. The highest BCUT2D eigenvalue weighted by atomic mass is 32.2. The van der Waals surface area contributed by atoms with Crippen LogP contribution in [-0.2, 0) is 10.0 Å². The number of nitrogens with two attached hydrogens (primary N) is 1. The molecule has 1 aliphatic rings. The lowest BCUT2D eigenvalue weighted by molar-refractivity contribution is 0.128. The van der Waals surface area contributed by atoms with Gasteiger partial charge < -0.3 is 5.73 Å². The first kappa shape index (κ1) is 15.5. The van der Waals surface area contributed by atoms with Crippen LogP contribution in [0.3, 0.4) is 0 Å². The van der Waals surface area contributed by atoms with Crippen LogP contribution in [0, 0.1) is 5.92 Å². The highest BCUT2D eigenvalue weighted by Gasteiger charge is 2.43. The van der Waals surface area contributed by atoms with Crippen LogP contribution in [0.1, 0.15) is 39.0 Å². The van der Waals surface area contributed by atoms with E-state index in [-0.39, 0.29) is 4.90 Å². The fourth-order valence-electron chi connectivity index (χ4n) is 3.06. The molecule has 1 aromatic heterocycles. The summed E-state index contributed by atoms with van der Waals surface area (Å²) in [4.78, 5) is 0.199. The van der Waals surface area contributed by atoms with Crippen LogP contribution in [-0.4, -0.2) is 42.1 Å². The van der Waals surface area contributed by atoms with Crippen molar-refractivity contribution in [3.63, 3.8) is 0 Å². The molecule has 0 radical (unpaired) electrons. The number of nitrogens with zero attached hydrogens (tertiary/aromatic N) is 2. The van der Waals surface area contributed by atoms with Gasteiger partial charge >= 0.3 is 0 Å². The summed E-state index contributed by atoms with van der Waals surface area (Å²) in [6.07, 6.45) is 7.64. The number of aromatic nitrogens is 2. The van der Waals surface area contributed by atoms with Crippen molar-refractivity contribution in [2.75, 3.05) is 13.6 Å². The van der Waals surface area contributed by atoms with Crippen LogP contribution in [0.4, 0.5) is 0 Å². The molecular weight excluding hydrogens is 276 g/mol. The molecule has 0 bridgehead atoms. The van der Waals surface area contributed by atoms with Crippen molar-refractivity contribution in [2.45, 2.75) is 49.5 Å². The lowest BCUT2D eigenvalue weighted by atomic mass is 9.75. The average molecular weight is 300 g/mol. The first-order chi connectivity index (χ1) is 9.46. The molecule has 0 aliphatic heterocycles. The van der Waals surface area contributed by atoms with Crippen molar-refractivity contribution in [3.05, 3.63) is 12.4 Å². The van der Waals surface area contributed by atoms with Gasteiger partial charge in [-0.3, -0.25) is 5.10 Å². The summed E-state index contributed by atoms with van der Waals surface area (Å²) < 4.78 is 26.7. The molecule has 1 saturated carbocycles. The van der Waals surface area contributed by atoms with Crippen molar-refractivity contribution < 1.29 is 8.42 Å². The number of sulfonamides is 1. The minimum absolute atomic E-state index is 0.199. The fraction of sp³-hybridized carbons (Fsp3) is 0.769. The summed E-state index contributed by atoms with van der Waals surface area (Å²) in [5, 5.41) is 6.28. The Balaban J connectivity index is 2.24. The summed E-state index contributed by atoms with van der Waals surface area (Å²) in [6.45, 7) is 2.54. The predicted octanol–water partition coefficient (Wildman–Crippen LogP) is 1.33. The molecule has 1 heterocycles. The fourth-order valence-corrected chi connectivity index (χ4v) is 4.53. The van der Waals surface area contributed by atoms with Crippen molar-refractivity contribution in [1.29, 1.82) is 0 Å². The summed E-state index contributed by atoms with van der Waals surface area (Å²) in [5.41, 5.74) is 5.49. The lowest BCUT2D eigenvalue weighted by Gasteiger charge is -2.44. The molecule has 2 rings (SSSR count). The van der Waals surface area contributed by atoms with Crippen LogP contribution in [0.25, 0.3) is 0 Å². The first-order valence-electron chi connectivity index (χ1n) is 7.14. The van der Waals surface area contributed by atoms with E-state index in [1.54, 1.807) is 7.05 Å². The van der Waals surface area contributed by atoms with E-state index in [0.717, 1.165) is 32.1 Å². The quantitative estimate of drug-likeness (QED) is 0.858. The van der Waals surface area contributed by atoms with Gasteiger partial charge in [0, 0.05) is 25.3 Å². The molecular formula is C13H24N4O2S. The summed E-state index contributed by atoms with van der Waals surface area (Å²) >= 11 is 0. The molecule has 0 aromatic carbocycles. The predicted molar refractivity (Wildman–Crippen MR) is 77.6 cm³/mol. The van der Waals surface area contributed by atoms with Gasteiger partial charge in [0.1, 0.15) is 4.90 Å². The van der Waals surface area contributed by atoms with Crippen LogP contribution < -0.4 is 5.73 Å². The van der Waals surface area contributed by atoms with E-state index in [1.807, 2.05) is 0 Å². The topological polar surface area (TPSA) is 92.1 Å². The SMILES string of the molecule is CCC1CCC(CN)(N(C)S(=O)(=O)c2cn[nH]c2)CC1. The van der Waals surface area contributed by atoms with Gasteiger partial charge in [-0.05, 0) is 31.6 Å². The van der Waals surface area contributed by atoms with E-state index in [2.05, 4.69) is 17.1 Å². The number of hydrogen-bond acceptors (Lipinski definition) is 4. The molecule has 3 N–H and O–H groups in total. The third-order valence-electron chi connectivity index (χ3n) is 4.79. The molecule has 1 aliphatic carbocycles. The van der Waals surface area contributed by atoms with Crippen LogP contribution in [0.5, 0.6) is 0 Å². The van der Waals surface area contributed by atoms with Gasteiger partial charge in [0.15, 0.2) is 0 Å². The maximum absolute atomic E-state index is 12.6. The molecule has 7 heteroatoms. The Hall–Kier alpha value is -0.920. The second-order valence-corrected chi connectivity index (χ2v) is 7.66. The Bertz CT molecular complexity index is 519. The molecule has 6 nitrogen and oxygen atoms in total. The van der Waals surface area contributed by atoms with Gasteiger partial charge in [0.2, 0.25) is 10.0 Å². The maximum atomic E-state index is 12.6. The lowest BCUT2D eigenvalue weighted by Crippen LogP contribution is -2.56. The zero-order chi connectivity index (χ0) is 14.8. The zero-order valence-electron chi connectivity index (χ0n) is 12.2. The molecule has 114 valence electrons. The van der Waals surface area contributed by atoms with Crippen LogP contribution in [0.2, 0.25) is 0 Å². The largest absolute Gasteiger partial charge is 0.329 e. The Morgan fingerprint density at radius 2 is 2.15 bits per heavy atom. The summed E-state index contributed by atoms with van der Waals surface area (Å²) in [5.74, 6) is 0.694. The van der Waals surface area contributed by atoms with E-state index in [0.29, 0.717) is 12.5 Å². The Morgan fingerprint density at radius 3 is 2.60 bits per heavy atom. The number of hydrogen-bond donors (Lipinski definition) is 2. The standard InChI is InChI=1S/C13H24N4O2S/c1-3-11-4-6-13(10-14,7-5-11)17(2)20(18,19)12-8-15-16-9-12/h8-9,11H,3-7,10,14H2,1-2H3,(H,15,16). The van der Waals surface area contributed by atoms with E-state index in [4.69, 9.17) is 5.73 Å². The molecule has 0 spiro atoms. The normalized spacial score (nSPS) is 27.9. The number of aromatic amines is 1. The van der Waals surface area contributed by atoms with E-state index < -0.39 is 15.6 Å². The molecule has 0 atom stereocenters. The third kappa shape index (κ3) is 2.62. The summed E-state index contributed by atoms with van der Waals surface area (Å²) in [7, 11) is -1.89.